The molecule has 84 valence electrons. The fraction of sp³-hybridized carbons (Fsp3) is 0.750. The molecule has 0 amide bonds. The van der Waals surface area contributed by atoms with Crippen LogP contribution in [0.3, 0.4) is 0 Å². The van der Waals surface area contributed by atoms with Gasteiger partial charge in [0.05, 0.1) is 0 Å². The summed E-state index contributed by atoms with van der Waals surface area (Å²) < 4.78 is 2.26. The summed E-state index contributed by atoms with van der Waals surface area (Å²) in [5, 5.41) is 3.46. The van der Waals surface area contributed by atoms with Gasteiger partial charge >= 0.3 is 0 Å². The fourth-order valence-electron chi connectivity index (χ4n) is 2.37. The molecule has 15 heavy (non-hydrogen) atoms. The molecule has 1 fully saturated rings. The Bertz CT molecular complexity index is 285. The maximum Gasteiger partial charge on any atom is 0.108 e. The van der Waals surface area contributed by atoms with Crippen LogP contribution in [-0.4, -0.2) is 22.6 Å². The molecule has 1 aliphatic rings. The molecule has 0 bridgehead atoms. The number of hydrogen-bond acceptors (Lipinski definition) is 2. The lowest BCUT2D eigenvalue weighted by Crippen LogP contribution is -2.15. The molecule has 0 aliphatic carbocycles. The molecule has 1 aliphatic heterocycles. The quantitative estimate of drug-likeness (QED) is 0.819. The summed E-state index contributed by atoms with van der Waals surface area (Å²) in [6.45, 7) is 5.59. The minimum Gasteiger partial charge on any atom is -0.335 e. The maximum absolute atomic E-state index is 4.45. The van der Waals surface area contributed by atoms with Crippen LogP contribution in [0.4, 0.5) is 0 Å². The van der Waals surface area contributed by atoms with E-state index in [1.807, 2.05) is 6.20 Å². The highest BCUT2D eigenvalue weighted by atomic mass is 15.0. The van der Waals surface area contributed by atoms with Crippen LogP contribution in [0.15, 0.2) is 12.4 Å². The predicted octanol–water partition coefficient (Wildman–Crippen LogP) is 1.84. The molecule has 3 heteroatoms. The van der Waals surface area contributed by atoms with E-state index in [2.05, 4.69) is 28.0 Å². The zero-order valence-corrected chi connectivity index (χ0v) is 9.58. The Morgan fingerprint density at radius 1 is 1.47 bits per heavy atom. The average Bonchev–Trinajstić information content (AvgIpc) is 2.53. The molecule has 2 heterocycles. The van der Waals surface area contributed by atoms with Gasteiger partial charge in [-0.05, 0) is 45.2 Å². The number of rotatable bonds is 3. The van der Waals surface area contributed by atoms with E-state index in [0.717, 1.165) is 18.9 Å². The highest BCUT2D eigenvalue weighted by molar-refractivity contribution is 4.94. The van der Waals surface area contributed by atoms with Gasteiger partial charge in [0.1, 0.15) is 5.82 Å². The highest BCUT2D eigenvalue weighted by Gasteiger charge is 2.14. The lowest BCUT2D eigenvalue weighted by atomic mass is 9.96. The summed E-state index contributed by atoms with van der Waals surface area (Å²) >= 11 is 0. The third kappa shape index (κ3) is 2.81. The number of hydrogen-bond donors (Lipinski definition) is 1. The molecule has 0 spiro atoms. The summed E-state index contributed by atoms with van der Waals surface area (Å²) in [4.78, 5) is 4.45. The molecule has 3 nitrogen and oxygen atoms in total. The van der Waals surface area contributed by atoms with Gasteiger partial charge in [0.15, 0.2) is 0 Å². The third-order valence-corrected chi connectivity index (χ3v) is 3.31. The van der Waals surface area contributed by atoms with E-state index in [4.69, 9.17) is 0 Å². The van der Waals surface area contributed by atoms with Crippen LogP contribution in [0, 0.1) is 5.92 Å². The number of imidazole rings is 1. The second-order valence-electron chi connectivity index (χ2n) is 4.38. The van der Waals surface area contributed by atoms with Crippen molar-refractivity contribution in [2.24, 2.45) is 5.92 Å². The Morgan fingerprint density at radius 3 is 3.27 bits per heavy atom. The SMILES string of the molecule is CCn1ccnc1CC1CCCNCC1. The van der Waals surface area contributed by atoms with Gasteiger partial charge in [-0.2, -0.15) is 0 Å². The number of aryl methyl sites for hydroxylation is 1. The van der Waals surface area contributed by atoms with E-state index < -0.39 is 0 Å². The van der Waals surface area contributed by atoms with Gasteiger partial charge in [-0.15, -0.1) is 0 Å². The second-order valence-corrected chi connectivity index (χ2v) is 4.38. The summed E-state index contributed by atoms with van der Waals surface area (Å²) in [5.41, 5.74) is 0. The minimum atomic E-state index is 0.827. The average molecular weight is 207 g/mol. The summed E-state index contributed by atoms with van der Waals surface area (Å²) in [6, 6.07) is 0. The first kappa shape index (κ1) is 10.7. The van der Waals surface area contributed by atoms with Gasteiger partial charge in [-0.25, -0.2) is 4.98 Å². The Morgan fingerprint density at radius 2 is 2.40 bits per heavy atom. The standard InChI is InChI=1S/C12H21N3/c1-2-15-9-8-14-12(15)10-11-4-3-6-13-7-5-11/h8-9,11,13H,2-7,10H2,1H3. The zero-order chi connectivity index (χ0) is 10.5. The van der Waals surface area contributed by atoms with Gasteiger partial charge in [0.2, 0.25) is 0 Å². The molecule has 0 aromatic carbocycles. The summed E-state index contributed by atoms with van der Waals surface area (Å²) in [6.07, 6.45) is 9.14. The van der Waals surface area contributed by atoms with Gasteiger partial charge in [0, 0.05) is 25.4 Å². The van der Waals surface area contributed by atoms with Gasteiger partial charge < -0.3 is 9.88 Å². The van der Waals surface area contributed by atoms with E-state index in [9.17, 15) is 0 Å². The van der Waals surface area contributed by atoms with E-state index in [-0.39, 0.29) is 0 Å². The van der Waals surface area contributed by atoms with E-state index in [0.29, 0.717) is 0 Å². The van der Waals surface area contributed by atoms with E-state index in [1.165, 1.54) is 38.2 Å². The molecule has 1 saturated heterocycles. The first-order valence-electron chi connectivity index (χ1n) is 6.11. The van der Waals surface area contributed by atoms with Crippen molar-refractivity contribution in [1.82, 2.24) is 14.9 Å². The van der Waals surface area contributed by atoms with Gasteiger partial charge in [-0.3, -0.25) is 0 Å². The van der Waals surface area contributed by atoms with Crippen LogP contribution < -0.4 is 5.32 Å². The molecule has 1 atom stereocenters. The van der Waals surface area contributed by atoms with Crippen LogP contribution >= 0.6 is 0 Å². The molecule has 1 N–H and O–H groups in total. The Labute approximate surface area is 91.9 Å². The molecule has 0 radical (unpaired) electrons. The van der Waals surface area contributed by atoms with Crippen molar-refractivity contribution < 1.29 is 0 Å². The van der Waals surface area contributed by atoms with Gasteiger partial charge in [0.25, 0.3) is 0 Å². The first-order valence-corrected chi connectivity index (χ1v) is 6.11. The molecular weight excluding hydrogens is 186 g/mol. The zero-order valence-electron chi connectivity index (χ0n) is 9.58. The first-order chi connectivity index (χ1) is 7.40. The lowest BCUT2D eigenvalue weighted by Gasteiger charge is -2.13. The van der Waals surface area contributed by atoms with Crippen molar-refractivity contribution >= 4 is 0 Å². The van der Waals surface area contributed by atoms with Crippen LogP contribution in [0.2, 0.25) is 0 Å². The summed E-state index contributed by atoms with van der Waals surface area (Å²) in [7, 11) is 0. The van der Waals surface area contributed by atoms with Crippen LogP contribution in [0.5, 0.6) is 0 Å². The fourth-order valence-corrected chi connectivity index (χ4v) is 2.37. The maximum atomic E-state index is 4.45. The second kappa shape index (κ2) is 5.31. The predicted molar refractivity (Wildman–Crippen MR) is 61.8 cm³/mol. The number of aromatic nitrogens is 2. The van der Waals surface area contributed by atoms with Crippen LogP contribution in [-0.2, 0) is 13.0 Å². The van der Waals surface area contributed by atoms with Crippen molar-refractivity contribution in [2.75, 3.05) is 13.1 Å². The topological polar surface area (TPSA) is 29.9 Å². The summed E-state index contributed by atoms with van der Waals surface area (Å²) in [5.74, 6) is 2.09. The van der Waals surface area contributed by atoms with Crippen molar-refractivity contribution in [3.8, 4) is 0 Å². The monoisotopic (exact) mass is 207 g/mol. The molecular formula is C12H21N3. The van der Waals surface area contributed by atoms with Crippen LogP contribution in [0.1, 0.15) is 32.0 Å². The molecule has 1 aromatic heterocycles. The Kier molecular flexibility index (Phi) is 3.78. The van der Waals surface area contributed by atoms with Crippen molar-refractivity contribution in [3.05, 3.63) is 18.2 Å². The van der Waals surface area contributed by atoms with Crippen molar-refractivity contribution in [1.29, 1.82) is 0 Å². The van der Waals surface area contributed by atoms with E-state index >= 15 is 0 Å². The molecule has 2 rings (SSSR count). The molecule has 1 aromatic rings. The molecule has 1 unspecified atom stereocenters. The Balaban J connectivity index is 1.94. The number of nitrogens with zero attached hydrogens (tertiary/aromatic N) is 2. The van der Waals surface area contributed by atoms with Crippen LogP contribution in [0.25, 0.3) is 0 Å². The van der Waals surface area contributed by atoms with Gasteiger partial charge in [-0.1, -0.05) is 0 Å². The van der Waals surface area contributed by atoms with Crippen molar-refractivity contribution in [3.63, 3.8) is 0 Å². The largest absolute Gasteiger partial charge is 0.335 e. The normalized spacial score (nSPS) is 22.6. The lowest BCUT2D eigenvalue weighted by molar-refractivity contribution is 0.450. The van der Waals surface area contributed by atoms with Crippen molar-refractivity contribution in [2.45, 2.75) is 39.2 Å². The minimum absolute atomic E-state index is 0.827. The third-order valence-electron chi connectivity index (χ3n) is 3.31. The van der Waals surface area contributed by atoms with E-state index in [1.54, 1.807) is 0 Å². The molecule has 0 saturated carbocycles. The number of nitrogens with one attached hydrogen (secondary N) is 1. The Hall–Kier alpha value is -0.830. The highest BCUT2D eigenvalue weighted by Crippen LogP contribution is 2.18. The smallest absolute Gasteiger partial charge is 0.108 e.